The summed E-state index contributed by atoms with van der Waals surface area (Å²) >= 11 is 3.20. The molecule has 0 bridgehead atoms. The van der Waals surface area contributed by atoms with E-state index in [4.69, 9.17) is 4.74 Å². The van der Waals surface area contributed by atoms with Gasteiger partial charge in [0.2, 0.25) is 0 Å². The van der Waals surface area contributed by atoms with Crippen molar-refractivity contribution < 1.29 is 14.5 Å². The van der Waals surface area contributed by atoms with E-state index in [0.717, 1.165) is 0 Å². The van der Waals surface area contributed by atoms with Crippen LogP contribution in [0.15, 0.2) is 22.7 Å². The number of nitrogens with zero attached hydrogens (tertiary/aromatic N) is 2. The van der Waals surface area contributed by atoms with Gasteiger partial charge in [-0.25, -0.2) is 0 Å². The third-order valence-electron chi connectivity index (χ3n) is 3.20. The molecular weight excluding hydrogens is 342 g/mol. The van der Waals surface area contributed by atoms with Crippen molar-refractivity contribution in [3.8, 4) is 0 Å². The number of nitro groups is 1. The molecule has 114 valence electrons. The molecule has 1 unspecified atom stereocenters. The fraction of sp³-hybridized carbons (Fsp3) is 0.462. The van der Waals surface area contributed by atoms with Gasteiger partial charge in [0, 0.05) is 41.8 Å². The Morgan fingerprint density at radius 3 is 3.00 bits per heavy atom. The van der Waals surface area contributed by atoms with Crippen LogP contribution >= 0.6 is 15.9 Å². The van der Waals surface area contributed by atoms with Gasteiger partial charge in [0.05, 0.1) is 17.6 Å². The van der Waals surface area contributed by atoms with Gasteiger partial charge in [-0.1, -0.05) is 15.9 Å². The highest BCUT2D eigenvalue weighted by Gasteiger charge is 2.25. The largest absolute Gasteiger partial charge is 0.373 e. The molecule has 21 heavy (non-hydrogen) atoms. The van der Waals surface area contributed by atoms with Crippen LogP contribution in [0.5, 0.6) is 0 Å². The minimum absolute atomic E-state index is 0.0603. The predicted octanol–water partition coefficient (Wildman–Crippen LogP) is 1.42. The molecule has 0 spiro atoms. The van der Waals surface area contributed by atoms with Crippen molar-refractivity contribution in [3.63, 3.8) is 0 Å². The zero-order valence-corrected chi connectivity index (χ0v) is 13.1. The number of carbonyl (C=O) groups excluding carboxylic acids is 1. The van der Waals surface area contributed by atoms with E-state index in [0.29, 0.717) is 36.3 Å². The van der Waals surface area contributed by atoms with Crippen LogP contribution in [0.4, 0.5) is 5.69 Å². The molecule has 1 saturated heterocycles. The van der Waals surface area contributed by atoms with Crippen molar-refractivity contribution in [2.24, 2.45) is 0 Å². The van der Waals surface area contributed by atoms with Crippen molar-refractivity contribution in [1.29, 1.82) is 0 Å². The molecule has 1 N–H and O–H groups in total. The van der Waals surface area contributed by atoms with Gasteiger partial charge in [-0.2, -0.15) is 0 Å². The number of hydrogen-bond acceptors (Lipinski definition) is 5. The number of morpholine rings is 1. The minimum atomic E-state index is -0.509. The van der Waals surface area contributed by atoms with Crippen molar-refractivity contribution in [1.82, 2.24) is 10.2 Å². The van der Waals surface area contributed by atoms with E-state index in [9.17, 15) is 14.9 Å². The molecule has 0 aliphatic carbocycles. The van der Waals surface area contributed by atoms with Crippen LogP contribution in [0.25, 0.3) is 0 Å². The van der Waals surface area contributed by atoms with Crippen LogP contribution in [-0.2, 0) is 4.74 Å². The number of likely N-dealkylation sites (N-methyl/N-ethyl adjacent to an activating group) is 1. The van der Waals surface area contributed by atoms with Gasteiger partial charge < -0.3 is 15.0 Å². The number of amides is 1. The Bertz CT molecular complexity index is 550. The van der Waals surface area contributed by atoms with E-state index >= 15 is 0 Å². The Balaban J connectivity index is 2.17. The smallest absolute Gasteiger partial charge is 0.271 e. The summed E-state index contributed by atoms with van der Waals surface area (Å²) in [6, 6.07) is 4.27. The normalized spacial score (nSPS) is 18.6. The highest BCUT2D eigenvalue weighted by Crippen LogP contribution is 2.23. The lowest BCUT2D eigenvalue weighted by Crippen LogP contribution is -2.48. The maximum atomic E-state index is 12.5. The first-order valence-electron chi connectivity index (χ1n) is 6.51. The lowest BCUT2D eigenvalue weighted by Gasteiger charge is -2.33. The van der Waals surface area contributed by atoms with Gasteiger partial charge in [-0.15, -0.1) is 0 Å². The Morgan fingerprint density at radius 2 is 2.33 bits per heavy atom. The van der Waals surface area contributed by atoms with Gasteiger partial charge in [-0.3, -0.25) is 14.9 Å². The SMILES string of the molecule is CNCC1CN(C(=O)c2cc(Br)cc([N+](=O)[O-])c2)CCO1. The van der Waals surface area contributed by atoms with E-state index in [2.05, 4.69) is 21.2 Å². The summed E-state index contributed by atoms with van der Waals surface area (Å²) in [6.45, 7) is 2.08. The monoisotopic (exact) mass is 357 g/mol. The summed E-state index contributed by atoms with van der Waals surface area (Å²) in [5.41, 5.74) is 0.203. The second kappa shape index (κ2) is 6.97. The summed E-state index contributed by atoms with van der Waals surface area (Å²) in [7, 11) is 1.82. The first kappa shape index (κ1) is 15.9. The van der Waals surface area contributed by atoms with Crippen molar-refractivity contribution in [2.45, 2.75) is 6.10 Å². The van der Waals surface area contributed by atoms with Crippen LogP contribution in [0, 0.1) is 10.1 Å². The Hall–Kier alpha value is -1.51. The summed E-state index contributed by atoms with van der Waals surface area (Å²) in [5.74, 6) is -0.219. The fourth-order valence-electron chi connectivity index (χ4n) is 2.24. The molecule has 1 atom stereocenters. The molecule has 1 aromatic carbocycles. The minimum Gasteiger partial charge on any atom is -0.373 e. The Kier molecular flexibility index (Phi) is 5.27. The molecule has 7 nitrogen and oxygen atoms in total. The van der Waals surface area contributed by atoms with Crippen LogP contribution in [0.3, 0.4) is 0 Å². The molecule has 2 rings (SSSR count). The van der Waals surface area contributed by atoms with E-state index in [1.807, 2.05) is 7.05 Å². The number of carbonyl (C=O) groups is 1. The van der Waals surface area contributed by atoms with Crippen molar-refractivity contribution >= 4 is 27.5 Å². The number of rotatable bonds is 4. The van der Waals surface area contributed by atoms with Crippen LogP contribution in [0.1, 0.15) is 10.4 Å². The summed E-state index contributed by atoms with van der Waals surface area (Å²) < 4.78 is 6.06. The van der Waals surface area contributed by atoms with E-state index in [1.54, 1.807) is 11.0 Å². The Labute approximate surface area is 130 Å². The van der Waals surface area contributed by atoms with E-state index < -0.39 is 4.92 Å². The summed E-state index contributed by atoms with van der Waals surface area (Å²) in [6.07, 6.45) is -0.0603. The lowest BCUT2D eigenvalue weighted by molar-refractivity contribution is -0.385. The van der Waals surface area contributed by atoms with Crippen molar-refractivity contribution in [3.05, 3.63) is 38.3 Å². The summed E-state index contributed by atoms with van der Waals surface area (Å²) in [5, 5.41) is 13.9. The quantitative estimate of drug-likeness (QED) is 0.650. The standard InChI is InChI=1S/C13H16BrN3O4/c1-15-7-12-8-16(2-3-21-12)13(18)9-4-10(14)6-11(5-9)17(19)20/h4-6,12,15H,2-3,7-8H2,1H3. The Morgan fingerprint density at radius 1 is 1.57 bits per heavy atom. The molecular formula is C13H16BrN3O4. The van der Waals surface area contributed by atoms with E-state index in [1.165, 1.54) is 12.1 Å². The second-order valence-electron chi connectivity index (χ2n) is 4.76. The fourth-order valence-corrected chi connectivity index (χ4v) is 2.72. The second-order valence-corrected chi connectivity index (χ2v) is 5.67. The molecule has 1 aliphatic heterocycles. The number of hydrogen-bond donors (Lipinski definition) is 1. The van der Waals surface area contributed by atoms with Gasteiger partial charge in [0.25, 0.3) is 11.6 Å². The number of nitro benzene ring substituents is 1. The maximum absolute atomic E-state index is 12.5. The third kappa shape index (κ3) is 3.99. The zero-order valence-electron chi connectivity index (χ0n) is 11.5. The van der Waals surface area contributed by atoms with Crippen LogP contribution in [-0.4, -0.2) is 55.1 Å². The molecule has 1 amide bonds. The molecule has 8 heteroatoms. The first-order valence-corrected chi connectivity index (χ1v) is 7.31. The van der Waals surface area contributed by atoms with Gasteiger partial charge >= 0.3 is 0 Å². The highest BCUT2D eigenvalue weighted by molar-refractivity contribution is 9.10. The van der Waals surface area contributed by atoms with Crippen molar-refractivity contribution in [2.75, 3.05) is 33.3 Å². The molecule has 1 aliphatic rings. The lowest BCUT2D eigenvalue weighted by atomic mass is 10.1. The number of benzene rings is 1. The summed E-state index contributed by atoms with van der Waals surface area (Å²) in [4.78, 5) is 24.5. The third-order valence-corrected chi connectivity index (χ3v) is 3.66. The van der Waals surface area contributed by atoms with Gasteiger partial charge in [0.15, 0.2) is 0 Å². The maximum Gasteiger partial charge on any atom is 0.271 e. The number of ether oxygens (including phenoxy) is 1. The number of halogens is 1. The molecule has 0 saturated carbocycles. The topological polar surface area (TPSA) is 84.7 Å². The van der Waals surface area contributed by atoms with Crippen LogP contribution in [0.2, 0.25) is 0 Å². The predicted molar refractivity (Wildman–Crippen MR) is 80.4 cm³/mol. The zero-order chi connectivity index (χ0) is 15.4. The first-order chi connectivity index (χ1) is 10.0. The van der Waals surface area contributed by atoms with E-state index in [-0.39, 0.29) is 17.7 Å². The van der Waals surface area contributed by atoms with Crippen LogP contribution < -0.4 is 5.32 Å². The number of nitrogens with one attached hydrogen (secondary N) is 1. The molecule has 0 aromatic heterocycles. The molecule has 1 aromatic rings. The number of non-ortho nitro benzene ring substituents is 1. The molecule has 1 heterocycles. The van der Waals surface area contributed by atoms with Gasteiger partial charge in [0.1, 0.15) is 0 Å². The van der Waals surface area contributed by atoms with Gasteiger partial charge in [-0.05, 0) is 13.1 Å². The highest BCUT2D eigenvalue weighted by atomic mass is 79.9. The molecule has 1 fully saturated rings. The average Bonchev–Trinajstić information content (AvgIpc) is 2.46. The average molecular weight is 358 g/mol. The molecule has 0 radical (unpaired) electrons.